The standard InChI is InChI=1S/C15H22N4O4/c20-19(21)13-5-6-14(16-9-11-3-1-7-22-11)18-15(13)17-10-12-4-2-8-23-12/h5-6,11-12H,1-4,7-10H2,(H2,16,17,18)/t11-,12+/m0/s1. The first kappa shape index (κ1) is 15.9. The predicted molar refractivity (Wildman–Crippen MR) is 85.8 cm³/mol. The van der Waals surface area contributed by atoms with Gasteiger partial charge in [0.05, 0.1) is 17.1 Å². The number of nitro groups is 1. The maximum Gasteiger partial charge on any atom is 0.311 e. The molecule has 0 saturated carbocycles. The highest BCUT2D eigenvalue weighted by molar-refractivity contribution is 5.60. The van der Waals surface area contributed by atoms with Crippen LogP contribution in [0.1, 0.15) is 25.7 Å². The summed E-state index contributed by atoms with van der Waals surface area (Å²) in [5.74, 6) is 0.892. The van der Waals surface area contributed by atoms with Crippen molar-refractivity contribution in [3.63, 3.8) is 0 Å². The van der Waals surface area contributed by atoms with Crippen LogP contribution in [-0.4, -0.2) is 48.4 Å². The minimum absolute atomic E-state index is 0.0225. The minimum atomic E-state index is -0.422. The molecule has 126 valence electrons. The Kier molecular flexibility index (Phi) is 5.24. The molecule has 2 saturated heterocycles. The van der Waals surface area contributed by atoms with E-state index >= 15 is 0 Å². The summed E-state index contributed by atoms with van der Waals surface area (Å²) in [4.78, 5) is 15.1. The second-order valence-electron chi connectivity index (χ2n) is 5.85. The summed E-state index contributed by atoms with van der Waals surface area (Å²) in [6.45, 7) is 2.75. The lowest BCUT2D eigenvalue weighted by molar-refractivity contribution is -0.384. The van der Waals surface area contributed by atoms with Gasteiger partial charge in [-0.15, -0.1) is 0 Å². The van der Waals surface area contributed by atoms with E-state index in [1.165, 1.54) is 6.07 Å². The van der Waals surface area contributed by atoms with Gasteiger partial charge < -0.3 is 20.1 Å². The Balaban J connectivity index is 1.63. The molecule has 0 bridgehead atoms. The zero-order valence-electron chi connectivity index (χ0n) is 13.0. The largest absolute Gasteiger partial charge is 0.376 e. The molecule has 2 atom stereocenters. The summed E-state index contributed by atoms with van der Waals surface area (Å²) in [5.41, 5.74) is -0.0225. The Bertz CT molecular complexity index is 542. The highest BCUT2D eigenvalue weighted by Crippen LogP contribution is 2.25. The van der Waals surface area contributed by atoms with Gasteiger partial charge in [-0.25, -0.2) is 4.98 Å². The van der Waals surface area contributed by atoms with Gasteiger partial charge in [0.2, 0.25) is 5.82 Å². The van der Waals surface area contributed by atoms with Gasteiger partial charge in [-0.2, -0.15) is 0 Å². The summed E-state index contributed by atoms with van der Waals surface area (Å²) in [7, 11) is 0. The quantitative estimate of drug-likeness (QED) is 0.586. The SMILES string of the molecule is O=[N+]([O-])c1ccc(NC[C@@H]2CCCO2)nc1NC[C@H]1CCCO1. The Hall–Kier alpha value is -1.93. The number of hydrogen-bond donors (Lipinski definition) is 2. The molecule has 1 aromatic rings. The molecule has 8 heteroatoms. The van der Waals surface area contributed by atoms with Gasteiger partial charge in [0.1, 0.15) is 5.82 Å². The average Bonchev–Trinajstić information content (AvgIpc) is 3.24. The number of hydrogen-bond acceptors (Lipinski definition) is 7. The third-order valence-electron chi connectivity index (χ3n) is 4.13. The van der Waals surface area contributed by atoms with Gasteiger partial charge >= 0.3 is 5.69 Å². The van der Waals surface area contributed by atoms with Crippen LogP contribution in [-0.2, 0) is 9.47 Å². The van der Waals surface area contributed by atoms with Crippen LogP contribution in [0.4, 0.5) is 17.3 Å². The summed E-state index contributed by atoms with van der Waals surface area (Å²) in [6.07, 6.45) is 4.40. The Morgan fingerprint density at radius 2 is 1.78 bits per heavy atom. The van der Waals surface area contributed by atoms with Crippen LogP contribution in [0.5, 0.6) is 0 Å². The lowest BCUT2D eigenvalue weighted by Crippen LogP contribution is -2.21. The number of nitrogens with one attached hydrogen (secondary N) is 2. The number of pyridine rings is 1. The first-order chi connectivity index (χ1) is 11.2. The first-order valence-corrected chi connectivity index (χ1v) is 8.09. The smallest absolute Gasteiger partial charge is 0.311 e. The Labute approximate surface area is 134 Å². The van der Waals surface area contributed by atoms with E-state index in [2.05, 4.69) is 15.6 Å². The van der Waals surface area contributed by atoms with Gasteiger partial charge in [0.25, 0.3) is 0 Å². The molecule has 0 amide bonds. The van der Waals surface area contributed by atoms with E-state index in [1.807, 2.05) is 0 Å². The molecule has 2 fully saturated rings. The average molecular weight is 322 g/mol. The number of rotatable bonds is 7. The van der Waals surface area contributed by atoms with Crippen LogP contribution in [0.3, 0.4) is 0 Å². The minimum Gasteiger partial charge on any atom is -0.376 e. The van der Waals surface area contributed by atoms with Crippen LogP contribution >= 0.6 is 0 Å². The number of ether oxygens (including phenoxy) is 2. The number of anilines is 2. The summed E-state index contributed by atoms with van der Waals surface area (Å²) >= 11 is 0. The topological polar surface area (TPSA) is 98.6 Å². The molecule has 1 aromatic heterocycles. The Morgan fingerprint density at radius 1 is 1.13 bits per heavy atom. The third-order valence-corrected chi connectivity index (χ3v) is 4.13. The van der Waals surface area contributed by atoms with Crippen LogP contribution in [0.2, 0.25) is 0 Å². The molecule has 0 radical (unpaired) electrons. The molecule has 2 N–H and O–H groups in total. The van der Waals surface area contributed by atoms with E-state index in [9.17, 15) is 10.1 Å². The van der Waals surface area contributed by atoms with Crippen molar-refractivity contribution >= 4 is 17.3 Å². The van der Waals surface area contributed by atoms with E-state index in [0.717, 1.165) is 38.9 Å². The molecule has 0 aromatic carbocycles. The molecule has 2 aliphatic heterocycles. The molecule has 2 aliphatic rings. The van der Waals surface area contributed by atoms with Gasteiger partial charge in [0, 0.05) is 32.4 Å². The lowest BCUT2D eigenvalue weighted by atomic mass is 10.2. The molecule has 0 unspecified atom stereocenters. The van der Waals surface area contributed by atoms with Crippen LogP contribution in [0, 0.1) is 10.1 Å². The van der Waals surface area contributed by atoms with E-state index in [-0.39, 0.29) is 23.7 Å². The molecule has 3 heterocycles. The summed E-state index contributed by atoms with van der Waals surface area (Å²) < 4.78 is 11.1. The monoisotopic (exact) mass is 322 g/mol. The van der Waals surface area contributed by atoms with Gasteiger partial charge in [0.15, 0.2) is 0 Å². The second-order valence-corrected chi connectivity index (χ2v) is 5.85. The zero-order chi connectivity index (χ0) is 16.1. The number of aromatic nitrogens is 1. The van der Waals surface area contributed by atoms with E-state index < -0.39 is 4.92 Å². The third kappa shape index (κ3) is 4.29. The van der Waals surface area contributed by atoms with Crippen molar-refractivity contribution in [3.05, 3.63) is 22.2 Å². The van der Waals surface area contributed by atoms with Crippen molar-refractivity contribution in [2.24, 2.45) is 0 Å². The van der Waals surface area contributed by atoms with Gasteiger partial charge in [-0.1, -0.05) is 0 Å². The normalized spacial score (nSPS) is 23.8. The Morgan fingerprint density at radius 3 is 2.35 bits per heavy atom. The van der Waals surface area contributed by atoms with Crippen LogP contribution < -0.4 is 10.6 Å². The fourth-order valence-corrected chi connectivity index (χ4v) is 2.87. The summed E-state index contributed by atoms with van der Waals surface area (Å²) in [5, 5.41) is 17.4. The highest BCUT2D eigenvalue weighted by atomic mass is 16.6. The second kappa shape index (κ2) is 7.56. The van der Waals surface area contributed by atoms with Crippen molar-refractivity contribution in [2.75, 3.05) is 36.9 Å². The van der Waals surface area contributed by atoms with Crippen molar-refractivity contribution in [2.45, 2.75) is 37.9 Å². The van der Waals surface area contributed by atoms with Crippen molar-refractivity contribution < 1.29 is 14.4 Å². The predicted octanol–water partition coefficient (Wildman–Crippen LogP) is 2.17. The highest BCUT2D eigenvalue weighted by Gasteiger charge is 2.20. The fraction of sp³-hybridized carbons (Fsp3) is 0.667. The molecule has 0 aliphatic carbocycles. The zero-order valence-corrected chi connectivity index (χ0v) is 13.0. The van der Waals surface area contributed by atoms with Crippen LogP contribution in [0.15, 0.2) is 12.1 Å². The lowest BCUT2D eigenvalue weighted by Gasteiger charge is -2.14. The molecule has 23 heavy (non-hydrogen) atoms. The molecular formula is C15H22N4O4. The van der Waals surface area contributed by atoms with E-state index in [4.69, 9.17) is 9.47 Å². The van der Waals surface area contributed by atoms with E-state index in [1.54, 1.807) is 6.07 Å². The summed E-state index contributed by atoms with van der Waals surface area (Å²) in [6, 6.07) is 3.10. The maximum atomic E-state index is 11.2. The van der Waals surface area contributed by atoms with Crippen molar-refractivity contribution in [1.29, 1.82) is 0 Å². The molecule has 3 rings (SSSR count). The van der Waals surface area contributed by atoms with E-state index in [0.29, 0.717) is 18.9 Å². The van der Waals surface area contributed by atoms with Gasteiger partial charge in [-0.3, -0.25) is 10.1 Å². The fourth-order valence-electron chi connectivity index (χ4n) is 2.87. The van der Waals surface area contributed by atoms with Crippen molar-refractivity contribution in [1.82, 2.24) is 4.98 Å². The maximum absolute atomic E-state index is 11.2. The molecule has 8 nitrogen and oxygen atoms in total. The molecule has 0 spiro atoms. The first-order valence-electron chi connectivity index (χ1n) is 8.09. The number of nitrogens with zero attached hydrogens (tertiary/aromatic N) is 2. The van der Waals surface area contributed by atoms with Gasteiger partial charge in [-0.05, 0) is 31.7 Å². The van der Waals surface area contributed by atoms with Crippen molar-refractivity contribution in [3.8, 4) is 0 Å². The molecular weight excluding hydrogens is 300 g/mol. The van der Waals surface area contributed by atoms with Crippen LogP contribution in [0.25, 0.3) is 0 Å².